The number of nitrogens with one attached hydrogen (secondary N) is 1. The fourth-order valence-electron chi connectivity index (χ4n) is 2.94. The third kappa shape index (κ3) is 2.33. The van der Waals surface area contributed by atoms with Gasteiger partial charge in [0.25, 0.3) is 0 Å². The van der Waals surface area contributed by atoms with E-state index < -0.39 is 0 Å². The van der Waals surface area contributed by atoms with Crippen molar-refractivity contribution >= 4 is 22.5 Å². The predicted molar refractivity (Wildman–Crippen MR) is 80.7 cm³/mol. The van der Waals surface area contributed by atoms with E-state index >= 15 is 0 Å². The molecule has 1 fully saturated rings. The fraction of sp³-hybridized carbons (Fsp3) is 0.375. The van der Waals surface area contributed by atoms with Crippen molar-refractivity contribution < 1.29 is 4.79 Å². The first-order chi connectivity index (χ1) is 9.79. The van der Waals surface area contributed by atoms with E-state index in [1.165, 1.54) is 11.1 Å². The highest BCUT2D eigenvalue weighted by Gasteiger charge is 2.24. The number of amides is 1. The van der Waals surface area contributed by atoms with Crippen molar-refractivity contribution in [1.82, 2.24) is 10.3 Å². The second-order valence-electron chi connectivity index (χ2n) is 5.22. The molecule has 0 atom stereocenters. The molecule has 1 amide bonds. The van der Waals surface area contributed by atoms with Gasteiger partial charge in [-0.25, -0.2) is 0 Å². The summed E-state index contributed by atoms with van der Waals surface area (Å²) in [5.41, 5.74) is 2.25. The Balaban J connectivity index is 1.82. The van der Waals surface area contributed by atoms with Gasteiger partial charge in [-0.2, -0.15) is 0 Å². The Labute approximate surface area is 118 Å². The maximum absolute atomic E-state index is 11.7. The first kappa shape index (κ1) is 12.9. The van der Waals surface area contributed by atoms with Gasteiger partial charge in [-0.05, 0) is 25.0 Å². The van der Waals surface area contributed by atoms with Crippen LogP contribution in [0.15, 0.2) is 36.5 Å². The van der Waals surface area contributed by atoms with Crippen molar-refractivity contribution in [2.24, 2.45) is 5.92 Å². The standard InChI is InChI=1S/C16H19N3O/c1-17-16(20)12-7-10-19(11-8-12)15-6-9-18-14-5-3-2-4-13(14)15/h2-6,9,12H,7-8,10-11H2,1H3,(H,17,20). The van der Waals surface area contributed by atoms with Gasteiger partial charge in [0, 0.05) is 43.3 Å². The summed E-state index contributed by atoms with van der Waals surface area (Å²) in [5, 5.41) is 3.94. The minimum absolute atomic E-state index is 0.157. The number of aromatic nitrogens is 1. The average Bonchev–Trinajstić information content (AvgIpc) is 2.54. The van der Waals surface area contributed by atoms with Crippen molar-refractivity contribution in [1.29, 1.82) is 0 Å². The molecule has 2 aromatic rings. The number of carbonyl (C=O) groups excluding carboxylic acids is 1. The largest absolute Gasteiger partial charge is 0.371 e. The van der Waals surface area contributed by atoms with Crippen molar-refractivity contribution in [3.63, 3.8) is 0 Å². The molecule has 0 spiro atoms. The Morgan fingerprint density at radius 3 is 2.75 bits per heavy atom. The van der Waals surface area contributed by atoms with Crippen LogP contribution in [0.3, 0.4) is 0 Å². The van der Waals surface area contributed by atoms with Crippen LogP contribution < -0.4 is 10.2 Å². The topological polar surface area (TPSA) is 45.2 Å². The second-order valence-corrected chi connectivity index (χ2v) is 5.22. The molecular weight excluding hydrogens is 250 g/mol. The normalized spacial score (nSPS) is 16.4. The molecule has 20 heavy (non-hydrogen) atoms. The van der Waals surface area contributed by atoms with E-state index in [2.05, 4.69) is 27.3 Å². The van der Waals surface area contributed by atoms with Crippen LogP contribution in [0, 0.1) is 5.92 Å². The number of carbonyl (C=O) groups is 1. The van der Waals surface area contributed by atoms with E-state index in [4.69, 9.17) is 0 Å². The van der Waals surface area contributed by atoms with Crippen molar-refractivity contribution in [2.45, 2.75) is 12.8 Å². The molecule has 0 saturated carbocycles. The van der Waals surface area contributed by atoms with Gasteiger partial charge in [0.15, 0.2) is 0 Å². The summed E-state index contributed by atoms with van der Waals surface area (Å²) in [7, 11) is 1.71. The van der Waals surface area contributed by atoms with E-state index in [9.17, 15) is 4.79 Å². The lowest BCUT2D eigenvalue weighted by molar-refractivity contribution is -0.125. The number of rotatable bonds is 2. The van der Waals surface area contributed by atoms with Gasteiger partial charge in [0.05, 0.1) is 5.52 Å². The minimum Gasteiger partial charge on any atom is -0.371 e. The summed E-state index contributed by atoms with van der Waals surface area (Å²) < 4.78 is 0. The molecule has 1 N–H and O–H groups in total. The number of benzene rings is 1. The molecule has 3 rings (SSSR count). The number of hydrogen-bond donors (Lipinski definition) is 1. The van der Waals surface area contributed by atoms with Gasteiger partial charge < -0.3 is 10.2 Å². The van der Waals surface area contributed by atoms with Crippen molar-refractivity contribution in [2.75, 3.05) is 25.0 Å². The molecule has 104 valence electrons. The van der Waals surface area contributed by atoms with Gasteiger partial charge in [-0.1, -0.05) is 18.2 Å². The SMILES string of the molecule is CNC(=O)C1CCN(c2ccnc3ccccc23)CC1. The summed E-state index contributed by atoms with van der Waals surface area (Å²) in [6.45, 7) is 1.85. The van der Waals surface area contributed by atoms with Crippen LogP contribution in [0.25, 0.3) is 10.9 Å². The van der Waals surface area contributed by atoms with Crippen LogP contribution in [0.2, 0.25) is 0 Å². The number of anilines is 1. The quantitative estimate of drug-likeness (QED) is 0.909. The zero-order chi connectivity index (χ0) is 13.9. The first-order valence-corrected chi connectivity index (χ1v) is 7.10. The summed E-state index contributed by atoms with van der Waals surface area (Å²) >= 11 is 0. The summed E-state index contributed by atoms with van der Waals surface area (Å²) in [6.07, 6.45) is 3.69. The van der Waals surface area contributed by atoms with E-state index in [0.717, 1.165) is 31.4 Å². The number of para-hydroxylation sites is 1. The van der Waals surface area contributed by atoms with Crippen LogP contribution in [0.1, 0.15) is 12.8 Å². The van der Waals surface area contributed by atoms with Crippen molar-refractivity contribution in [3.05, 3.63) is 36.5 Å². The van der Waals surface area contributed by atoms with Gasteiger partial charge in [-0.15, -0.1) is 0 Å². The van der Waals surface area contributed by atoms with E-state index in [1.54, 1.807) is 7.05 Å². The number of piperidine rings is 1. The highest BCUT2D eigenvalue weighted by Crippen LogP contribution is 2.29. The molecule has 0 bridgehead atoms. The molecule has 1 aliphatic rings. The monoisotopic (exact) mass is 269 g/mol. The third-order valence-electron chi connectivity index (χ3n) is 4.08. The number of nitrogens with zero attached hydrogens (tertiary/aromatic N) is 2. The molecule has 1 saturated heterocycles. The molecule has 1 aliphatic heterocycles. The Morgan fingerprint density at radius 1 is 1.25 bits per heavy atom. The lowest BCUT2D eigenvalue weighted by Gasteiger charge is -2.33. The van der Waals surface area contributed by atoms with Crippen LogP contribution in [-0.2, 0) is 4.79 Å². The first-order valence-electron chi connectivity index (χ1n) is 7.10. The molecule has 1 aromatic heterocycles. The Kier molecular flexibility index (Phi) is 3.54. The molecule has 4 nitrogen and oxygen atoms in total. The second kappa shape index (κ2) is 5.49. The molecule has 0 unspecified atom stereocenters. The molecule has 1 aromatic carbocycles. The maximum Gasteiger partial charge on any atom is 0.222 e. The summed E-state index contributed by atoms with van der Waals surface area (Å²) in [6, 6.07) is 10.3. The van der Waals surface area contributed by atoms with Gasteiger partial charge in [0.1, 0.15) is 0 Å². The molecule has 0 radical (unpaired) electrons. The predicted octanol–water partition coefficient (Wildman–Crippen LogP) is 2.20. The van der Waals surface area contributed by atoms with Gasteiger partial charge >= 0.3 is 0 Å². The zero-order valence-electron chi connectivity index (χ0n) is 11.7. The van der Waals surface area contributed by atoms with E-state index in [-0.39, 0.29) is 11.8 Å². The highest BCUT2D eigenvalue weighted by atomic mass is 16.1. The minimum atomic E-state index is 0.157. The maximum atomic E-state index is 11.7. The lowest BCUT2D eigenvalue weighted by Crippen LogP contribution is -2.39. The van der Waals surface area contributed by atoms with Gasteiger partial charge in [-0.3, -0.25) is 9.78 Å². The summed E-state index contributed by atoms with van der Waals surface area (Å²) in [5.74, 6) is 0.327. The van der Waals surface area contributed by atoms with Crippen molar-refractivity contribution in [3.8, 4) is 0 Å². The highest BCUT2D eigenvalue weighted by molar-refractivity contribution is 5.91. The number of hydrogen-bond acceptors (Lipinski definition) is 3. The third-order valence-corrected chi connectivity index (χ3v) is 4.08. The van der Waals surface area contributed by atoms with Crippen LogP contribution >= 0.6 is 0 Å². The molecule has 4 heteroatoms. The average molecular weight is 269 g/mol. The Hall–Kier alpha value is -2.10. The molecule has 0 aliphatic carbocycles. The lowest BCUT2D eigenvalue weighted by atomic mass is 9.95. The van der Waals surface area contributed by atoms with E-state index in [0.29, 0.717) is 0 Å². The molecule has 2 heterocycles. The van der Waals surface area contributed by atoms with Gasteiger partial charge in [0.2, 0.25) is 5.91 Å². The van der Waals surface area contributed by atoms with E-state index in [1.807, 2.05) is 24.4 Å². The zero-order valence-corrected chi connectivity index (χ0v) is 11.7. The van der Waals surface area contributed by atoms with Crippen LogP contribution in [-0.4, -0.2) is 31.0 Å². The number of fused-ring (bicyclic) bond motifs is 1. The molecular formula is C16H19N3O. The Bertz CT molecular complexity index is 613. The Morgan fingerprint density at radius 2 is 2.00 bits per heavy atom. The summed E-state index contributed by atoms with van der Waals surface area (Å²) in [4.78, 5) is 18.4. The number of pyridine rings is 1. The van der Waals surface area contributed by atoms with Crippen LogP contribution in [0.5, 0.6) is 0 Å². The van der Waals surface area contributed by atoms with Crippen LogP contribution in [0.4, 0.5) is 5.69 Å². The fourth-order valence-corrected chi connectivity index (χ4v) is 2.94. The smallest absolute Gasteiger partial charge is 0.222 e.